The second kappa shape index (κ2) is 6.66. The minimum Gasteiger partial charge on any atom is -0.263 e. The molecule has 0 spiro atoms. The molecule has 0 bridgehead atoms. The van der Waals surface area contributed by atoms with Crippen molar-refractivity contribution in [3.8, 4) is 11.1 Å². The van der Waals surface area contributed by atoms with Gasteiger partial charge in [0.25, 0.3) is 0 Å². The summed E-state index contributed by atoms with van der Waals surface area (Å²) in [7, 11) is 0. The van der Waals surface area contributed by atoms with Gasteiger partial charge in [-0.15, -0.1) is 0 Å². The first kappa shape index (κ1) is 15.9. The topological polar surface area (TPSA) is 57.7 Å². The van der Waals surface area contributed by atoms with Crippen LogP contribution in [0.4, 0.5) is 4.79 Å². The lowest BCUT2D eigenvalue weighted by molar-refractivity contribution is -0.143. The highest BCUT2D eigenvalue weighted by molar-refractivity contribution is 6.44. The number of urea groups is 1. The maximum absolute atomic E-state index is 12.2. The Morgan fingerprint density at radius 1 is 0.750 bits per heavy atom. The lowest BCUT2D eigenvalue weighted by atomic mass is 10.0. The van der Waals surface area contributed by atoms with Gasteiger partial charge in [0, 0.05) is 6.54 Å². The molecule has 5 nitrogen and oxygen atoms in total. The number of carbonyl (C=O) groups excluding carboxylic acids is 3. The summed E-state index contributed by atoms with van der Waals surface area (Å²) in [6.07, 6.45) is 0.629. The van der Waals surface area contributed by atoms with Crippen LogP contribution in [0.1, 0.15) is 18.9 Å². The SMILES string of the molecule is CCCN1C(=O)C(=O)N(Cc2ccc(-c3ccccc3)cc2)C1=O. The largest absolute Gasteiger partial charge is 0.334 e. The molecule has 0 N–H and O–H groups in total. The molecule has 0 atom stereocenters. The monoisotopic (exact) mass is 322 g/mol. The molecule has 1 heterocycles. The second-order valence-corrected chi connectivity index (χ2v) is 5.69. The third-order valence-corrected chi connectivity index (χ3v) is 3.98. The number of amides is 4. The highest BCUT2D eigenvalue weighted by atomic mass is 16.2. The molecule has 1 fully saturated rings. The molecule has 1 aliphatic heterocycles. The van der Waals surface area contributed by atoms with Crippen molar-refractivity contribution >= 4 is 17.8 Å². The van der Waals surface area contributed by atoms with Crippen LogP contribution >= 0.6 is 0 Å². The number of carbonyl (C=O) groups is 3. The molecule has 1 saturated heterocycles. The minimum atomic E-state index is -0.749. The van der Waals surface area contributed by atoms with Crippen LogP contribution in [0.5, 0.6) is 0 Å². The van der Waals surface area contributed by atoms with Gasteiger partial charge in [-0.2, -0.15) is 0 Å². The Bertz CT molecular complexity index is 769. The van der Waals surface area contributed by atoms with Gasteiger partial charge in [0.2, 0.25) is 0 Å². The molecule has 24 heavy (non-hydrogen) atoms. The Morgan fingerprint density at radius 2 is 1.33 bits per heavy atom. The Hall–Kier alpha value is -2.95. The molecule has 3 rings (SSSR count). The van der Waals surface area contributed by atoms with Crippen LogP contribution in [-0.4, -0.2) is 34.2 Å². The molecule has 5 heteroatoms. The zero-order valence-electron chi connectivity index (χ0n) is 13.4. The fraction of sp³-hybridized carbons (Fsp3) is 0.211. The van der Waals surface area contributed by atoms with Gasteiger partial charge in [0.1, 0.15) is 0 Å². The maximum Gasteiger partial charge on any atom is 0.334 e. The average molecular weight is 322 g/mol. The first-order chi connectivity index (χ1) is 11.6. The van der Waals surface area contributed by atoms with Gasteiger partial charge in [-0.05, 0) is 23.1 Å². The first-order valence-corrected chi connectivity index (χ1v) is 7.93. The number of nitrogens with zero attached hydrogens (tertiary/aromatic N) is 2. The van der Waals surface area contributed by atoms with E-state index in [1.54, 1.807) is 0 Å². The van der Waals surface area contributed by atoms with Crippen molar-refractivity contribution < 1.29 is 14.4 Å². The van der Waals surface area contributed by atoms with Crippen LogP contribution in [0.3, 0.4) is 0 Å². The van der Waals surface area contributed by atoms with Crippen molar-refractivity contribution in [3.63, 3.8) is 0 Å². The van der Waals surface area contributed by atoms with Gasteiger partial charge in [0.05, 0.1) is 6.54 Å². The summed E-state index contributed by atoms with van der Waals surface area (Å²) in [6.45, 7) is 2.24. The van der Waals surface area contributed by atoms with Crippen molar-refractivity contribution in [1.82, 2.24) is 9.80 Å². The predicted molar refractivity (Wildman–Crippen MR) is 89.8 cm³/mol. The molecule has 122 valence electrons. The van der Waals surface area contributed by atoms with Crippen LogP contribution in [0.2, 0.25) is 0 Å². The van der Waals surface area contributed by atoms with E-state index in [0.717, 1.165) is 26.5 Å². The molecule has 0 saturated carbocycles. The molecular weight excluding hydrogens is 304 g/mol. The normalized spacial score (nSPS) is 14.6. The van der Waals surface area contributed by atoms with E-state index in [1.165, 1.54) is 0 Å². The zero-order valence-corrected chi connectivity index (χ0v) is 13.4. The van der Waals surface area contributed by atoms with Gasteiger partial charge < -0.3 is 0 Å². The van der Waals surface area contributed by atoms with Crippen molar-refractivity contribution in [2.45, 2.75) is 19.9 Å². The van der Waals surface area contributed by atoms with E-state index in [1.807, 2.05) is 61.5 Å². The van der Waals surface area contributed by atoms with Crippen LogP contribution in [0.15, 0.2) is 54.6 Å². The zero-order chi connectivity index (χ0) is 17.1. The van der Waals surface area contributed by atoms with Crippen LogP contribution in [-0.2, 0) is 16.1 Å². The van der Waals surface area contributed by atoms with E-state index in [0.29, 0.717) is 6.42 Å². The van der Waals surface area contributed by atoms with Gasteiger partial charge in [-0.1, -0.05) is 61.5 Å². The quantitative estimate of drug-likeness (QED) is 0.628. The molecule has 2 aromatic carbocycles. The van der Waals surface area contributed by atoms with E-state index in [9.17, 15) is 14.4 Å². The molecule has 0 radical (unpaired) electrons. The van der Waals surface area contributed by atoms with Gasteiger partial charge in [-0.3, -0.25) is 19.4 Å². The fourth-order valence-electron chi connectivity index (χ4n) is 2.73. The van der Waals surface area contributed by atoms with E-state index >= 15 is 0 Å². The Kier molecular flexibility index (Phi) is 4.42. The fourth-order valence-corrected chi connectivity index (χ4v) is 2.73. The molecule has 2 aromatic rings. The summed E-state index contributed by atoms with van der Waals surface area (Å²) >= 11 is 0. The summed E-state index contributed by atoms with van der Waals surface area (Å²) in [5, 5.41) is 0. The molecule has 0 aliphatic carbocycles. The number of rotatable bonds is 5. The van der Waals surface area contributed by atoms with E-state index in [2.05, 4.69) is 0 Å². The summed E-state index contributed by atoms with van der Waals surface area (Å²) < 4.78 is 0. The van der Waals surface area contributed by atoms with Crippen molar-refractivity contribution in [1.29, 1.82) is 0 Å². The summed E-state index contributed by atoms with van der Waals surface area (Å²) in [4.78, 5) is 38.1. The van der Waals surface area contributed by atoms with Crippen molar-refractivity contribution in [2.75, 3.05) is 6.54 Å². The number of hydrogen-bond donors (Lipinski definition) is 0. The number of benzene rings is 2. The second-order valence-electron chi connectivity index (χ2n) is 5.69. The lowest BCUT2D eigenvalue weighted by Gasteiger charge is -2.15. The average Bonchev–Trinajstić information content (AvgIpc) is 2.81. The van der Waals surface area contributed by atoms with E-state index in [-0.39, 0.29) is 13.1 Å². The number of hydrogen-bond acceptors (Lipinski definition) is 3. The Morgan fingerprint density at radius 3 is 1.96 bits per heavy atom. The molecule has 0 aromatic heterocycles. The van der Waals surface area contributed by atoms with Crippen molar-refractivity contribution in [2.24, 2.45) is 0 Å². The third kappa shape index (κ3) is 2.93. The minimum absolute atomic E-state index is 0.110. The molecule has 4 amide bonds. The van der Waals surface area contributed by atoms with Crippen molar-refractivity contribution in [3.05, 3.63) is 60.2 Å². The molecule has 1 aliphatic rings. The molecular formula is C19H18N2O3. The Balaban J connectivity index is 1.76. The highest BCUT2D eigenvalue weighted by Gasteiger charge is 2.43. The summed E-state index contributed by atoms with van der Waals surface area (Å²) in [5.74, 6) is -1.48. The van der Waals surface area contributed by atoms with E-state index < -0.39 is 17.8 Å². The maximum atomic E-state index is 12.2. The highest BCUT2D eigenvalue weighted by Crippen LogP contribution is 2.21. The third-order valence-electron chi connectivity index (χ3n) is 3.98. The van der Waals surface area contributed by atoms with Gasteiger partial charge in [-0.25, -0.2) is 4.79 Å². The number of imide groups is 2. The summed E-state index contributed by atoms with van der Waals surface area (Å²) in [5.41, 5.74) is 2.96. The standard InChI is InChI=1S/C19H18N2O3/c1-2-12-20-17(22)18(23)21(19(20)24)13-14-8-10-16(11-9-14)15-6-4-3-5-7-15/h3-11H,2,12-13H2,1H3. The van der Waals surface area contributed by atoms with E-state index in [4.69, 9.17) is 0 Å². The smallest absolute Gasteiger partial charge is 0.263 e. The summed E-state index contributed by atoms with van der Waals surface area (Å²) in [6, 6.07) is 17.0. The van der Waals surface area contributed by atoms with Crippen LogP contribution < -0.4 is 0 Å². The van der Waals surface area contributed by atoms with Crippen LogP contribution in [0.25, 0.3) is 11.1 Å². The van der Waals surface area contributed by atoms with Gasteiger partial charge >= 0.3 is 17.8 Å². The predicted octanol–water partition coefficient (Wildman–Crippen LogP) is 3.05. The molecule has 0 unspecified atom stereocenters. The van der Waals surface area contributed by atoms with Crippen LogP contribution in [0, 0.1) is 0 Å². The Labute approximate surface area is 140 Å². The first-order valence-electron chi connectivity index (χ1n) is 7.93. The lowest BCUT2D eigenvalue weighted by Crippen LogP contribution is -2.33. The van der Waals surface area contributed by atoms with Gasteiger partial charge in [0.15, 0.2) is 0 Å².